The van der Waals surface area contributed by atoms with Gasteiger partial charge in [0, 0.05) is 32.3 Å². The molecule has 0 saturated carbocycles. The van der Waals surface area contributed by atoms with Crippen LogP contribution in [0.25, 0.3) is 0 Å². The van der Waals surface area contributed by atoms with E-state index in [9.17, 15) is 10.2 Å². The van der Waals surface area contributed by atoms with Crippen molar-refractivity contribution in [3.63, 3.8) is 0 Å². The molecule has 0 bridgehead atoms. The average Bonchev–Trinajstić information content (AvgIpc) is 2.45. The summed E-state index contributed by atoms with van der Waals surface area (Å²) in [7, 11) is -5.44. The van der Waals surface area contributed by atoms with Crippen molar-refractivity contribution >= 4 is 25.2 Å². The molecule has 8 heteroatoms. The van der Waals surface area contributed by atoms with E-state index in [0.717, 1.165) is 18.5 Å². The third-order valence-corrected chi connectivity index (χ3v) is 16.2. The highest BCUT2D eigenvalue weighted by Gasteiger charge is 2.38. The van der Waals surface area contributed by atoms with Crippen LogP contribution in [0.3, 0.4) is 0 Å². The normalized spacial score (nSPS) is 15.0. The molecule has 0 fully saturated rings. The summed E-state index contributed by atoms with van der Waals surface area (Å²) in [5.74, 6) is 0.0710. The fourth-order valence-electron chi connectivity index (χ4n) is 2.90. The van der Waals surface area contributed by atoms with Gasteiger partial charge in [0.05, 0.1) is 0 Å². The molecular formula is C17H42O5Si3. The summed E-state index contributed by atoms with van der Waals surface area (Å²) in [5.41, 5.74) is 0. The Morgan fingerprint density at radius 2 is 1.40 bits per heavy atom. The van der Waals surface area contributed by atoms with Crippen LogP contribution in [0, 0.1) is 11.8 Å². The minimum absolute atomic E-state index is 0.00590. The second-order valence-corrected chi connectivity index (χ2v) is 21.4. The van der Waals surface area contributed by atoms with E-state index in [-0.39, 0.29) is 25.0 Å². The van der Waals surface area contributed by atoms with E-state index < -0.39 is 25.2 Å². The van der Waals surface area contributed by atoms with Gasteiger partial charge in [-0.2, -0.15) is 0 Å². The van der Waals surface area contributed by atoms with E-state index in [0.29, 0.717) is 13.2 Å². The fraction of sp³-hybridized carbons (Fsp3) is 1.00. The van der Waals surface area contributed by atoms with E-state index in [1.54, 1.807) is 0 Å². The molecule has 25 heavy (non-hydrogen) atoms. The Bertz CT molecular complexity index is 360. The third-order valence-electron chi connectivity index (χ3n) is 4.62. The Labute approximate surface area is 158 Å². The van der Waals surface area contributed by atoms with Crippen LogP contribution in [-0.4, -0.2) is 61.8 Å². The van der Waals surface area contributed by atoms with Gasteiger partial charge < -0.3 is 23.2 Å². The Balaban J connectivity index is 4.20. The summed E-state index contributed by atoms with van der Waals surface area (Å²) in [6, 6.07) is 2.17. The first kappa shape index (κ1) is 25.5. The molecule has 0 aromatic heterocycles. The molecule has 1 atom stereocenters. The molecule has 1 unspecified atom stereocenters. The second-order valence-electron chi connectivity index (χ2n) is 8.76. The number of aliphatic hydroxyl groups is 2. The summed E-state index contributed by atoms with van der Waals surface area (Å²) < 4.78 is 18.7. The SMILES string of the molecule is CC[Si](C)(C)O[Si](C)(C)O[Si](C)(C)CCCOCC(C)C(CO)CO. The molecular weight excluding hydrogens is 368 g/mol. The van der Waals surface area contributed by atoms with Crippen LogP contribution >= 0.6 is 0 Å². The molecule has 5 nitrogen and oxygen atoms in total. The van der Waals surface area contributed by atoms with Crippen molar-refractivity contribution in [3.8, 4) is 0 Å². The molecule has 0 amide bonds. The Kier molecular flexibility index (Phi) is 11.5. The molecule has 0 aliphatic rings. The summed E-state index contributed by atoms with van der Waals surface area (Å²) in [6.45, 7) is 18.9. The van der Waals surface area contributed by atoms with Gasteiger partial charge in [0.2, 0.25) is 0 Å². The number of rotatable bonds is 14. The lowest BCUT2D eigenvalue weighted by Crippen LogP contribution is -2.52. The highest BCUT2D eigenvalue weighted by atomic mass is 28.5. The molecule has 0 aromatic carbocycles. The van der Waals surface area contributed by atoms with Crippen LogP contribution in [0.2, 0.25) is 51.4 Å². The first-order chi connectivity index (χ1) is 11.4. The molecule has 0 aliphatic carbocycles. The topological polar surface area (TPSA) is 68.2 Å². The van der Waals surface area contributed by atoms with Crippen LogP contribution in [0.4, 0.5) is 0 Å². The van der Waals surface area contributed by atoms with Gasteiger partial charge in [-0.05, 0) is 63.7 Å². The van der Waals surface area contributed by atoms with Gasteiger partial charge >= 0.3 is 8.56 Å². The summed E-state index contributed by atoms with van der Waals surface area (Å²) in [4.78, 5) is 0. The lowest BCUT2D eigenvalue weighted by molar-refractivity contribution is 0.0431. The minimum Gasteiger partial charge on any atom is -0.437 e. The van der Waals surface area contributed by atoms with E-state index in [2.05, 4.69) is 46.2 Å². The molecule has 0 aromatic rings. The first-order valence-electron chi connectivity index (χ1n) is 9.58. The molecule has 0 radical (unpaired) electrons. The fourth-order valence-corrected chi connectivity index (χ4v) is 16.1. The molecule has 152 valence electrons. The maximum absolute atomic E-state index is 9.18. The van der Waals surface area contributed by atoms with Crippen LogP contribution in [0.5, 0.6) is 0 Å². The van der Waals surface area contributed by atoms with Crippen molar-refractivity contribution < 1.29 is 23.2 Å². The highest BCUT2D eigenvalue weighted by molar-refractivity contribution is 6.87. The van der Waals surface area contributed by atoms with Crippen LogP contribution in [0.15, 0.2) is 0 Å². The molecule has 0 aliphatic heterocycles. The maximum Gasteiger partial charge on any atom is 0.311 e. The summed E-state index contributed by atoms with van der Waals surface area (Å²) >= 11 is 0. The molecule has 0 heterocycles. The van der Waals surface area contributed by atoms with Gasteiger partial charge in [0.25, 0.3) is 0 Å². The predicted molar refractivity (Wildman–Crippen MR) is 112 cm³/mol. The van der Waals surface area contributed by atoms with Gasteiger partial charge in [-0.1, -0.05) is 13.8 Å². The number of aliphatic hydroxyl groups excluding tert-OH is 2. The lowest BCUT2D eigenvalue weighted by atomic mass is 9.97. The molecule has 2 N–H and O–H groups in total. The summed E-state index contributed by atoms with van der Waals surface area (Å²) in [5, 5.41) is 18.4. The van der Waals surface area contributed by atoms with Crippen molar-refractivity contribution in [3.05, 3.63) is 0 Å². The monoisotopic (exact) mass is 410 g/mol. The van der Waals surface area contributed by atoms with Crippen LogP contribution in [-0.2, 0) is 13.0 Å². The lowest BCUT2D eigenvalue weighted by Gasteiger charge is -2.38. The van der Waals surface area contributed by atoms with Gasteiger partial charge in [0.1, 0.15) is 0 Å². The zero-order valence-electron chi connectivity index (χ0n) is 17.7. The highest BCUT2D eigenvalue weighted by Crippen LogP contribution is 2.25. The van der Waals surface area contributed by atoms with E-state index in [1.807, 2.05) is 6.92 Å². The van der Waals surface area contributed by atoms with Gasteiger partial charge in [0.15, 0.2) is 16.6 Å². The average molecular weight is 411 g/mol. The zero-order chi connectivity index (χ0) is 19.7. The molecule has 0 spiro atoms. The first-order valence-corrected chi connectivity index (χ1v) is 18.6. The van der Waals surface area contributed by atoms with Crippen molar-refractivity contribution in [2.45, 2.75) is 71.6 Å². The maximum atomic E-state index is 9.18. The largest absolute Gasteiger partial charge is 0.437 e. The number of ether oxygens (including phenoxy) is 1. The number of hydrogen-bond acceptors (Lipinski definition) is 5. The van der Waals surface area contributed by atoms with E-state index in [1.165, 1.54) is 0 Å². The van der Waals surface area contributed by atoms with Crippen LogP contribution in [0.1, 0.15) is 20.3 Å². The predicted octanol–water partition coefficient (Wildman–Crippen LogP) is 3.80. The van der Waals surface area contributed by atoms with Crippen molar-refractivity contribution in [2.75, 3.05) is 26.4 Å². The minimum atomic E-state index is -2.08. The van der Waals surface area contributed by atoms with E-state index >= 15 is 0 Å². The second kappa shape index (κ2) is 11.3. The Morgan fingerprint density at radius 1 is 0.880 bits per heavy atom. The standard InChI is InChI=1S/C17H42O5Si3/c1-9-23(3,4)21-25(7,8)22-24(5,6)12-10-11-20-15-16(2)17(13-18)14-19/h16-19H,9-15H2,1-8H3. The zero-order valence-corrected chi connectivity index (χ0v) is 20.7. The van der Waals surface area contributed by atoms with Gasteiger partial charge in [-0.25, -0.2) is 0 Å². The van der Waals surface area contributed by atoms with Crippen LogP contribution < -0.4 is 0 Å². The Morgan fingerprint density at radius 3 is 1.88 bits per heavy atom. The van der Waals surface area contributed by atoms with Crippen molar-refractivity contribution in [1.29, 1.82) is 0 Å². The summed E-state index contributed by atoms with van der Waals surface area (Å²) in [6.07, 6.45) is 0.980. The van der Waals surface area contributed by atoms with E-state index in [4.69, 9.17) is 13.0 Å². The smallest absolute Gasteiger partial charge is 0.311 e. The van der Waals surface area contributed by atoms with Crippen molar-refractivity contribution in [1.82, 2.24) is 0 Å². The van der Waals surface area contributed by atoms with Gasteiger partial charge in [-0.15, -0.1) is 0 Å². The Hall–Kier alpha value is 0.451. The van der Waals surface area contributed by atoms with Crippen molar-refractivity contribution in [2.24, 2.45) is 11.8 Å². The molecule has 0 rings (SSSR count). The number of hydrogen-bond donors (Lipinski definition) is 2. The molecule has 0 saturated heterocycles. The third kappa shape index (κ3) is 11.7. The quantitative estimate of drug-likeness (QED) is 0.337. The van der Waals surface area contributed by atoms with Gasteiger partial charge in [-0.3, -0.25) is 0 Å².